The molecule has 214 valence electrons. The minimum atomic E-state index is -4.24. The molecule has 3 aliphatic rings. The van der Waals surface area contributed by atoms with Crippen molar-refractivity contribution in [1.82, 2.24) is 30.3 Å². The first-order valence-electron chi connectivity index (χ1n) is 12.6. The summed E-state index contributed by atoms with van der Waals surface area (Å²) in [6, 6.07) is -0.366. The van der Waals surface area contributed by atoms with E-state index in [1.165, 1.54) is 24.8 Å². The number of hydrogen-bond acceptors (Lipinski definition) is 7. The average Bonchev–Trinajstić information content (AvgIpc) is 3.43. The van der Waals surface area contributed by atoms with Crippen LogP contribution in [0.3, 0.4) is 0 Å². The van der Waals surface area contributed by atoms with Gasteiger partial charge in [-0.3, -0.25) is 4.90 Å². The van der Waals surface area contributed by atoms with E-state index < -0.39 is 30.0 Å². The molecule has 37 heavy (non-hydrogen) atoms. The molecule has 1 N–H and O–H groups in total. The molecule has 3 fully saturated rings. The van der Waals surface area contributed by atoms with Gasteiger partial charge in [0.05, 0.1) is 6.54 Å². The molecule has 0 aromatic rings. The Kier molecular flexibility index (Phi) is 10.3. The first kappa shape index (κ1) is 30.7. The fraction of sp³-hybridized carbons (Fsp3) is 0.870. The van der Waals surface area contributed by atoms with Crippen LogP contribution >= 0.6 is 0 Å². The molecule has 3 aliphatic heterocycles. The minimum Gasteiger partial charge on any atom is -0.443 e. The molecule has 0 aromatic carbocycles. The lowest BCUT2D eigenvalue weighted by atomic mass is 10.2. The number of carbonyl (C=O) groups is 3. The first-order valence-corrected chi connectivity index (χ1v) is 12.6. The number of ether oxygens (including phenoxy) is 2. The number of amides is 4. The number of rotatable bonds is 1. The maximum absolute atomic E-state index is 12.6. The zero-order chi connectivity index (χ0) is 28.0. The predicted molar refractivity (Wildman–Crippen MR) is 129 cm³/mol. The van der Waals surface area contributed by atoms with Crippen LogP contribution in [0.15, 0.2) is 0 Å². The molecular weight excluding hydrogens is 497 g/mol. The molecule has 3 saturated heterocycles. The van der Waals surface area contributed by atoms with E-state index in [2.05, 4.69) is 5.43 Å². The highest BCUT2D eigenvalue weighted by Gasteiger charge is 2.38. The Morgan fingerprint density at radius 2 is 1.27 bits per heavy atom. The van der Waals surface area contributed by atoms with Crippen molar-refractivity contribution in [2.75, 3.05) is 58.9 Å². The van der Waals surface area contributed by atoms with Gasteiger partial charge < -0.3 is 14.4 Å². The summed E-state index contributed by atoms with van der Waals surface area (Å²) < 4.78 is 47.7. The molecule has 0 unspecified atom stereocenters. The summed E-state index contributed by atoms with van der Waals surface area (Å²) in [5.41, 5.74) is 1.87. The van der Waals surface area contributed by atoms with E-state index in [1.807, 2.05) is 20.8 Å². The van der Waals surface area contributed by atoms with E-state index in [0.717, 1.165) is 19.5 Å². The van der Waals surface area contributed by atoms with E-state index in [9.17, 15) is 27.6 Å². The second kappa shape index (κ2) is 12.4. The topological polar surface area (TPSA) is 97.9 Å². The van der Waals surface area contributed by atoms with Crippen molar-refractivity contribution >= 4 is 18.2 Å². The van der Waals surface area contributed by atoms with E-state index in [-0.39, 0.29) is 38.3 Å². The number of hydrogen-bond donors (Lipinski definition) is 1. The van der Waals surface area contributed by atoms with Crippen LogP contribution in [-0.4, -0.2) is 119 Å². The van der Waals surface area contributed by atoms with Gasteiger partial charge in [0.15, 0.2) is 0 Å². The fourth-order valence-electron chi connectivity index (χ4n) is 3.83. The number of hydrazine groups is 2. The smallest absolute Gasteiger partial charge is 0.429 e. The van der Waals surface area contributed by atoms with Gasteiger partial charge in [0.2, 0.25) is 0 Å². The Morgan fingerprint density at radius 3 is 1.76 bits per heavy atom. The number of nitrogens with one attached hydrogen (secondary N) is 1. The quantitative estimate of drug-likeness (QED) is 0.547. The molecule has 11 nitrogen and oxygen atoms in total. The standard InChI is InChI=1S/C15H25F3N4O3.C8H16N2O2/c1-14(2,3)25-13(24)22-6-4-5-21(22)12(23)20-9-7-19(8-10-20)11-15(16,17)18;1-8(2,3)12-7(11)10-6-4-5-9-10/h4-11H2,1-3H3;9H,4-6H2,1-3H3. The Morgan fingerprint density at radius 1 is 0.730 bits per heavy atom. The molecular formula is C23H41F3N6O5. The lowest BCUT2D eigenvalue weighted by Gasteiger charge is -2.38. The number of carbonyl (C=O) groups excluding carboxylic acids is 3. The van der Waals surface area contributed by atoms with E-state index >= 15 is 0 Å². The van der Waals surface area contributed by atoms with E-state index in [0.29, 0.717) is 19.5 Å². The Balaban J connectivity index is 0.000000335. The van der Waals surface area contributed by atoms with Gasteiger partial charge >= 0.3 is 24.4 Å². The van der Waals surface area contributed by atoms with Gasteiger partial charge in [0.25, 0.3) is 0 Å². The van der Waals surface area contributed by atoms with Crippen molar-refractivity contribution in [3.05, 3.63) is 0 Å². The minimum absolute atomic E-state index is 0.158. The monoisotopic (exact) mass is 538 g/mol. The third kappa shape index (κ3) is 10.8. The van der Waals surface area contributed by atoms with Crippen LogP contribution in [0.5, 0.6) is 0 Å². The van der Waals surface area contributed by atoms with Crippen LogP contribution in [0.2, 0.25) is 0 Å². The molecule has 0 radical (unpaired) electrons. The van der Waals surface area contributed by atoms with Crippen LogP contribution in [0, 0.1) is 0 Å². The van der Waals surface area contributed by atoms with Crippen molar-refractivity contribution in [3.63, 3.8) is 0 Å². The van der Waals surface area contributed by atoms with Gasteiger partial charge in [-0.1, -0.05) is 0 Å². The summed E-state index contributed by atoms with van der Waals surface area (Å²) in [7, 11) is 0. The highest BCUT2D eigenvalue weighted by atomic mass is 19.4. The Bertz CT molecular complexity index is 785. The molecule has 3 heterocycles. The zero-order valence-electron chi connectivity index (χ0n) is 22.7. The summed E-state index contributed by atoms with van der Waals surface area (Å²) in [6.45, 7) is 12.9. The lowest BCUT2D eigenvalue weighted by molar-refractivity contribution is -0.148. The lowest BCUT2D eigenvalue weighted by Crippen LogP contribution is -2.57. The second-order valence-corrected chi connectivity index (χ2v) is 11.1. The van der Waals surface area contributed by atoms with Gasteiger partial charge in [-0.15, -0.1) is 0 Å². The second-order valence-electron chi connectivity index (χ2n) is 11.1. The SMILES string of the molecule is CC(C)(C)OC(=O)N1CCCN1.CC(C)(C)OC(=O)N1CCCN1C(=O)N1CCN(CC(F)(F)F)CC1. The molecule has 4 amide bonds. The van der Waals surface area contributed by atoms with Gasteiger partial charge in [0, 0.05) is 52.4 Å². The number of halogens is 3. The van der Waals surface area contributed by atoms with Crippen LogP contribution in [0.4, 0.5) is 27.6 Å². The van der Waals surface area contributed by atoms with Crippen LogP contribution in [-0.2, 0) is 9.47 Å². The van der Waals surface area contributed by atoms with Crippen LogP contribution in [0.1, 0.15) is 54.4 Å². The summed E-state index contributed by atoms with van der Waals surface area (Å²) >= 11 is 0. The van der Waals surface area contributed by atoms with Gasteiger partial charge in [-0.25, -0.2) is 34.8 Å². The Hall–Kier alpha value is -2.48. The van der Waals surface area contributed by atoms with Crippen molar-refractivity contribution < 1.29 is 37.0 Å². The third-order valence-electron chi connectivity index (χ3n) is 5.38. The number of piperazine rings is 1. The summed E-state index contributed by atoms with van der Waals surface area (Å²) in [5.74, 6) is 0. The zero-order valence-corrected chi connectivity index (χ0v) is 22.7. The van der Waals surface area contributed by atoms with E-state index in [4.69, 9.17) is 9.47 Å². The van der Waals surface area contributed by atoms with Gasteiger partial charge in [0.1, 0.15) is 11.2 Å². The predicted octanol–water partition coefficient (Wildman–Crippen LogP) is 3.28. The van der Waals surface area contributed by atoms with Crippen molar-refractivity contribution in [2.45, 2.75) is 71.8 Å². The highest BCUT2D eigenvalue weighted by Crippen LogP contribution is 2.21. The molecule has 14 heteroatoms. The van der Waals surface area contributed by atoms with E-state index in [1.54, 1.807) is 20.8 Å². The largest absolute Gasteiger partial charge is 0.443 e. The number of nitrogens with zero attached hydrogens (tertiary/aromatic N) is 5. The molecule has 0 atom stereocenters. The maximum Gasteiger partial charge on any atom is 0.429 e. The fourth-order valence-corrected chi connectivity index (χ4v) is 3.83. The molecule has 0 saturated carbocycles. The molecule has 0 spiro atoms. The Labute approximate surface area is 216 Å². The molecule has 3 rings (SSSR count). The van der Waals surface area contributed by atoms with Crippen molar-refractivity contribution in [3.8, 4) is 0 Å². The van der Waals surface area contributed by atoms with Crippen molar-refractivity contribution in [1.29, 1.82) is 0 Å². The molecule has 0 aromatic heterocycles. The average molecular weight is 539 g/mol. The first-order chi connectivity index (χ1) is 17.0. The molecule has 0 aliphatic carbocycles. The highest BCUT2D eigenvalue weighted by molar-refractivity contribution is 5.79. The summed E-state index contributed by atoms with van der Waals surface area (Å²) in [6.07, 6.45) is -3.47. The van der Waals surface area contributed by atoms with Crippen LogP contribution < -0.4 is 5.43 Å². The third-order valence-corrected chi connectivity index (χ3v) is 5.38. The molecule has 0 bridgehead atoms. The van der Waals surface area contributed by atoms with Gasteiger partial charge in [-0.2, -0.15) is 13.2 Å². The van der Waals surface area contributed by atoms with Crippen molar-refractivity contribution in [2.24, 2.45) is 0 Å². The number of alkyl halides is 3. The van der Waals surface area contributed by atoms with Gasteiger partial charge in [-0.05, 0) is 54.4 Å². The van der Waals surface area contributed by atoms with Crippen LogP contribution in [0.25, 0.3) is 0 Å². The maximum atomic E-state index is 12.6. The normalized spacial score (nSPS) is 19.5. The number of urea groups is 1. The summed E-state index contributed by atoms with van der Waals surface area (Å²) in [5, 5.41) is 4.12. The summed E-state index contributed by atoms with van der Waals surface area (Å²) in [4.78, 5) is 38.9.